The fourth-order valence-corrected chi connectivity index (χ4v) is 2.95. The van der Waals surface area contributed by atoms with Crippen LogP contribution in [0.2, 0.25) is 0 Å². The van der Waals surface area contributed by atoms with Gasteiger partial charge in [-0.25, -0.2) is 13.8 Å². The number of hydrogen-bond acceptors (Lipinski definition) is 4. The minimum Gasteiger partial charge on any atom is -0.493 e. The number of hydrogen-bond donors (Lipinski definition) is 1. The van der Waals surface area contributed by atoms with Crippen molar-refractivity contribution in [3.63, 3.8) is 0 Å². The van der Waals surface area contributed by atoms with Crippen molar-refractivity contribution in [2.75, 3.05) is 11.9 Å². The minimum absolute atomic E-state index is 0.0477. The van der Waals surface area contributed by atoms with Gasteiger partial charge in [0.05, 0.1) is 17.9 Å². The fourth-order valence-electron chi connectivity index (χ4n) is 2.25. The largest absolute Gasteiger partial charge is 0.493 e. The topological polar surface area (TPSA) is 51.2 Å². The predicted octanol–water partition coefficient (Wildman–Crippen LogP) is 4.74. The van der Waals surface area contributed by atoms with E-state index in [9.17, 15) is 13.6 Å². The molecule has 3 rings (SSSR count). The van der Waals surface area contributed by atoms with Gasteiger partial charge in [-0.3, -0.25) is 10.1 Å². The summed E-state index contributed by atoms with van der Waals surface area (Å²) in [6.07, 6.45) is 0. The zero-order valence-corrected chi connectivity index (χ0v) is 14.1. The smallest absolute Gasteiger partial charge is 0.261 e. The summed E-state index contributed by atoms with van der Waals surface area (Å²) in [5.41, 5.74) is 0.680. The van der Waals surface area contributed by atoms with Gasteiger partial charge in [-0.15, -0.1) is 11.3 Å². The van der Waals surface area contributed by atoms with E-state index in [1.807, 2.05) is 6.92 Å². The molecule has 0 saturated carbocycles. The highest BCUT2D eigenvalue weighted by molar-refractivity contribution is 7.14. The number of aromatic nitrogens is 1. The van der Waals surface area contributed by atoms with Crippen LogP contribution in [0, 0.1) is 11.6 Å². The molecule has 0 bridgehead atoms. The van der Waals surface area contributed by atoms with Crippen molar-refractivity contribution in [2.24, 2.45) is 0 Å². The van der Waals surface area contributed by atoms with Crippen molar-refractivity contribution in [1.29, 1.82) is 0 Å². The Kier molecular flexibility index (Phi) is 5.04. The van der Waals surface area contributed by atoms with E-state index in [0.29, 0.717) is 17.9 Å². The molecule has 1 heterocycles. The summed E-state index contributed by atoms with van der Waals surface area (Å²) < 4.78 is 32.6. The number of carbonyl (C=O) groups excluding carboxylic acids is 1. The Labute approximate surface area is 147 Å². The number of nitrogens with one attached hydrogen (secondary N) is 1. The third kappa shape index (κ3) is 3.83. The predicted molar refractivity (Wildman–Crippen MR) is 93.0 cm³/mol. The number of ether oxygens (including phenoxy) is 1. The molecular formula is C18H14F2N2O2S. The number of benzene rings is 2. The summed E-state index contributed by atoms with van der Waals surface area (Å²) >= 11 is 1.13. The lowest BCUT2D eigenvalue weighted by atomic mass is 10.1. The van der Waals surface area contributed by atoms with Crippen LogP contribution in [0.15, 0.2) is 47.8 Å². The molecule has 1 aromatic heterocycles. The molecule has 0 atom stereocenters. The van der Waals surface area contributed by atoms with E-state index in [0.717, 1.165) is 29.5 Å². The van der Waals surface area contributed by atoms with E-state index in [1.54, 1.807) is 29.6 Å². The molecule has 1 N–H and O–H groups in total. The van der Waals surface area contributed by atoms with Crippen LogP contribution in [0.4, 0.5) is 13.9 Å². The molecule has 0 aliphatic heterocycles. The molecule has 25 heavy (non-hydrogen) atoms. The molecule has 4 nitrogen and oxygen atoms in total. The van der Waals surface area contributed by atoms with Crippen molar-refractivity contribution in [3.8, 4) is 17.0 Å². The average molecular weight is 360 g/mol. The van der Waals surface area contributed by atoms with Crippen LogP contribution in [0.25, 0.3) is 11.3 Å². The number of rotatable bonds is 5. The highest BCUT2D eigenvalue weighted by Gasteiger charge is 2.15. The average Bonchev–Trinajstić information content (AvgIpc) is 3.06. The number of thiazole rings is 1. The second kappa shape index (κ2) is 7.40. The monoisotopic (exact) mass is 360 g/mol. The zero-order chi connectivity index (χ0) is 17.8. The molecule has 0 radical (unpaired) electrons. The summed E-state index contributed by atoms with van der Waals surface area (Å²) in [5, 5.41) is 4.50. The number of nitrogens with zero attached hydrogens (tertiary/aromatic N) is 1. The molecule has 128 valence electrons. The Balaban J connectivity index is 1.82. The van der Waals surface area contributed by atoms with Crippen LogP contribution in [0.1, 0.15) is 17.3 Å². The maximum Gasteiger partial charge on any atom is 0.261 e. The highest BCUT2D eigenvalue weighted by Crippen LogP contribution is 2.28. The lowest BCUT2D eigenvalue weighted by Crippen LogP contribution is -2.13. The van der Waals surface area contributed by atoms with Gasteiger partial charge in [-0.05, 0) is 37.3 Å². The van der Waals surface area contributed by atoms with Gasteiger partial charge in [0.25, 0.3) is 5.91 Å². The summed E-state index contributed by atoms with van der Waals surface area (Å²) in [4.78, 5) is 16.6. The van der Waals surface area contributed by atoms with Crippen LogP contribution in [0.5, 0.6) is 5.75 Å². The Morgan fingerprint density at radius 2 is 2.04 bits per heavy atom. The van der Waals surface area contributed by atoms with Crippen LogP contribution < -0.4 is 10.1 Å². The third-order valence-corrected chi connectivity index (χ3v) is 4.12. The molecule has 0 spiro atoms. The number of anilines is 1. The van der Waals surface area contributed by atoms with Crippen molar-refractivity contribution in [3.05, 3.63) is 65.0 Å². The Morgan fingerprint density at radius 3 is 2.84 bits per heavy atom. The molecule has 0 aliphatic carbocycles. The van der Waals surface area contributed by atoms with Crippen LogP contribution in [-0.2, 0) is 0 Å². The maximum atomic E-state index is 13.8. The first-order valence-electron chi connectivity index (χ1n) is 7.52. The highest BCUT2D eigenvalue weighted by atomic mass is 32.1. The van der Waals surface area contributed by atoms with E-state index in [4.69, 9.17) is 4.74 Å². The fraction of sp³-hybridized carbons (Fsp3) is 0.111. The molecule has 3 aromatic rings. The number of carbonyl (C=O) groups is 1. The first kappa shape index (κ1) is 17.0. The Morgan fingerprint density at radius 1 is 1.24 bits per heavy atom. The first-order chi connectivity index (χ1) is 12.1. The number of para-hydroxylation sites is 1. The maximum absolute atomic E-state index is 13.8. The van der Waals surface area contributed by atoms with Gasteiger partial charge >= 0.3 is 0 Å². The summed E-state index contributed by atoms with van der Waals surface area (Å²) in [5.74, 6) is -1.05. The summed E-state index contributed by atoms with van der Waals surface area (Å²) in [6.45, 7) is 2.26. The summed E-state index contributed by atoms with van der Waals surface area (Å²) in [7, 11) is 0. The Hall–Kier alpha value is -2.80. The van der Waals surface area contributed by atoms with E-state index >= 15 is 0 Å². The third-order valence-electron chi connectivity index (χ3n) is 3.36. The van der Waals surface area contributed by atoms with Crippen LogP contribution in [0.3, 0.4) is 0 Å². The molecule has 1 amide bonds. The van der Waals surface area contributed by atoms with Gasteiger partial charge < -0.3 is 4.74 Å². The van der Waals surface area contributed by atoms with Crippen molar-refractivity contribution >= 4 is 22.4 Å². The van der Waals surface area contributed by atoms with Crippen molar-refractivity contribution in [2.45, 2.75) is 6.92 Å². The van der Waals surface area contributed by atoms with Crippen molar-refractivity contribution < 1.29 is 18.3 Å². The normalized spacial score (nSPS) is 10.5. The van der Waals surface area contributed by atoms with Gasteiger partial charge in [0.2, 0.25) is 0 Å². The lowest BCUT2D eigenvalue weighted by Gasteiger charge is -2.08. The van der Waals surface area contributed by atoms with Gasteiger partial charge in [0, 0.05) is 10.9 Å². The SMILES string of the molecule is CCOc1ccccc1C(=O)Nc1nc(-c2cc(F)ccc2F)cs1. The van der Waals surface area contributed by atoms with E-state index < -0.39 is 11.6 Å². The van der Waals surface area contributed by atoms with Gasteiger partial charge in [0.1, 0.15) is 17.4 Å². The van der Waals surface area contributed by atoms with E-state index in [2.05, 4.69) is 10.3 Å². The molecule has 2 aromatic carbocycles. The van der Waals surface area contributed by atoms with E-state index in [-0.39, 0.29) is 22.3 Å². The molecule has 0 aliphatic rings. The molecule has 0 saturated heterocycles. The second-order valence-corrected chi connectivity index (χ2v) is 5.90. The van der Waals surface area contributed by atoms with Gasteiger partial charge in [0.15, 0.2) is 5.13 Å². The minimum atomic E-state index is -0.578. The lowest BCUT2D eigenvalue weighted by molar-refractivity contribution is 0.102. The summed E-state index contributed by atoms with van der Waals surface area (Å²) in [6, 6.07) is 10.00. The van der Waals surface area contributed by atoms with Crippen LogP contribution in [-0.4, -0.2) is 17.5 Å². The standard InChI is InChI=1S/C18H14F2N2O2S/c1-2-24-16-6-4-3-5-12(16)17(23)22-18-21-15(10-25-18)13-9-11(19)7-8-14(13)20/h3-10H,2H2,1H3,(H,21,22,23). The van der Waals surface area contributed by atoms with Crippen molar-refractivity contribution in [1.82, 2.24) is 4.98 Å². The molecule has 0 fully saturated rings. The zero-order valence-electron chi connectivity index (χ0n) is 13.3. The molecular weight excluding hydrogens is 346 g/mol. The Bertz CT molecular complexity index is 912. The quantitative estimate of drug-likeness (QED) is 0.715. The van der Waals surface area contributed by atoms with E-state index in [1.165, 1.54) is 0 Å². The van der Waals surface area contributed by atoms with Crippen LogP contribution >= 0.6 is 11.3 Å². The first-order valence-corrected chi connectivity index (χ1v) is 8.40. The molecule has 0 unspecified atom stereocenters. The van der Waals surface area contributed by atoms with Gasteiger partial charge in [-0.2, -0.15) is 0 Å². The van der Waals surface area contributed by atoms with Gasteiger partial charge in [-0.1, -0.05) is 12.1 Å². The second-order valence-electron chi connectivity index (χ2n) is 5.05. The number of amides is 1. The number of halogens is 2. The molecule has 7 heteroatoms.